The molecule has 4 nitrogen and oxygen atoms in total. The summed E-state index contributed by atoms with van der Waals surface area (Å²) in [6.07, 6.45) is 0. The molecule has 2 aromatic heterocycles. The van der Waals surface area contributed by atoms with Crippen LogP contribution in [0.5, 0.6) is 0 Å². The lowest BCUT2D eigenvalue weighted by Gasteiger charge is -2.11. The van der Waals surface area contributed by atoms with Crippen molar-refractivity contribution in [1.82, 2.24) is 19.4 Å². The minimum absolute atomic E-state index is 0.583. The van der Waals surface area contributed by atoms with Gasteiger partial charge in [-0.1, -0.05) is 115 Å². The lowest BCUT2D eigenvalue weighted by Crippen LogP contribution is -2.02. The van der Waals surface area contributed by atoms with Crippen molar-refractivity contribution in [2.24, 2.45) is 0 Å². The number of aromatic nitrogens is 4. The second-order valence-electron chi connectivity index (χ2n) is 9.14. The molecule has 0 bridgehead atoms. The zero-order chi connectivity index (χ0) is 25.5. The van der Waals surface area contributed by atoms with Crippen molar-refractivity contribution in [2.45, 2.75) is 0 Å². The molecule has 0 saturated carbocycles. The number of imidazole rings is 1. The molecule has 0 N–H and O–H groups in total. The first kappa shape index (κ1) is 22.4. The number of rotatable bonds is 4. The number of fused-ring (bicyclic) bond motifs is 3. The molecule has 38 heavy (non-hydrogen) atoms. The van der Waals surface area contributed by atoms with Crippen LogP contribution in [0, 0.1) is 0 Å². The Morgan fingerprint density at radius 2 is 1.08 bits per heavy atom. The van der Waals surface area contributed by atoms with Gasteiger partial charge in [0.05, 0.1) is 11.0 Å². The molecule has 7 aromatic rings. The van der Waals surface area contributed by atoms with E-state index in [-0.39, 0.29) is 0 Å². The first-order valence-corrected chi connectivity index (χ1v) is 12.8. The summed E-state index contributed by atoms with van der Waals surface area (Å²) in [5.41, 5.74) is 8.18. The van der Waals surface area contributed by atoms with E-state index in [4.69, 9.17) is 26.6 Å². The van der Waals surface area contributed by atoms with E-state index >= 15 is 0 Å². The maximum absolute atomic E-state index is 6.39. The van der Waals surface area contributed by atoms with Crippen LogP contribution < -0.4 is 0 Å². The molecule has 0 radical (unpaired) electrons. The Morgan fingerprint density at radius 1 is 0.474 bits per heavy atom. The monoisotopic (exact) mass is 508 g/mol. The van der Waals surface area contributed by atoms with Gasteiger partial charge in [0.1, 0.15) is 5.82 Å². The van der Waals surface area contributed by atoms with E-state index in [0.29, 0.717) is 16.6 Å². The Morgan fingerprint density at radius 3 is 1.82 bits per heavy atom. The smallest absolute Gasteiger partial charge is 0.238 e. The van der Waals surface area contributed by atoms with E-state index < -0.39 is 0 Å². The molecule has 0 spiro atoms. The van der Waals surface area contributed by atoms with E-state index in [1.807, 2.05) is 59.0 Å². The first-order valence-electron chi connectivity index (χ1n) is 12.4. The third-order valence-electron chi connectivity index (χ3n) is 6.71. The topological polar surface area (TPSA) is 43.1 Å². The predicted octanol–water partition coefficient (Wildman–Crippen LogP) is 8.60. The highest BCUT2D eigenvalue weighted by molar-refractivity contribution is 6.31. The quantitative estimate of drug-likeness (QED) is 0.239. The Bertz CT molecular complexity index is 1910. The van der Waals surface area contributed by atoms with Crippen LogP contribution in [-0.4, -0.2) is 19.4 Å². The van der Waals surface area contributed by atoms with Gasteiger partial charge < -0.3 is 0 Å². The van der Waals surface area contributed by atoms with Crippen molar-refractivity contribution < 1.29 is 0 Å². The normalized spacial score (nSPS) is 11.3. The number of benzene rings is 5. The van der Waals surface area contributed by atoms with Crippen molar-refractivity contribution >= 4 is 28.4 Å². The summed E-state index contributed by atoms with van der Waals surface area (Å²) in [5.74, 6) is 1.97. The highest BCUT2D eigenvalue weighted by atomic mass is 35.5. The van der Waals surface area contributed by atoms with Gasteiger partial charge in [0.25, 0.3) is 0 Å². The Balaban J connectivity index is 1.43. The first-order chi connectivity index (χ1) is 18.7. The molecule has 0 fully saturated rings. The van der Waals surface area contributed by atoms with Crippen LogP contribution in [-0.2, 0) is 0 Å². The minimum Gasteiger partial charge on any atom is -0.260 e. The predicted molar refractivity (Wildman–Crippen MR) is 155 cm³/mol. The van der Waals surface area contributed by atoms with Gasteiger partial charge >= 0.3 is 0 Å². The zero-order valence-corrected chi connectivity index (χ0v) is 21.0. The van der Waals surface area contributed by atoms with E-state index in [1.54, 1.807) is 0 Å². The molecule has 0 amide bonds. The lowest BCUT2D eigenvalue weighted by atomic mass is 10.0. The fourth-order valence-corrected chi connectivity index (χ4v) is 4.99. The number of hydrogen-bond acceptors (Lipinski definition) is 3. The summed E-state index contributed by atoms with van der Waals surface area (Å²) < 4.78 is 1.99. The molecular weight excluding hydrogens is 488 g/mol. The molecule has 0 aliphatic heterocycles. The van der Waals surface area contributed by atoms with Gasteiger partial charge in [-0.2, -0.15) is 4.98 Å². The van der Waals surface area contributed by atoms with Crippen LogP contribution in [0.15, 0.2) is 127 Å². The van der Waals surface area contributed by atoms with Crippen LogP contribution >= 0.6 is 11.6 Å². The molecule has 0 aliphatic rings. The molecule has 5 aromatic carbocycles. The van der Waals surface area contributed by atoms with Crippen LogP contribution in [0.3, 0.4) is 0 Å². The maximum Gasteiger partial charge on any atom is 0.238 e. The van der Waals surface area contributed by atoms with Crippen molar-refractivity contribution in [3.05, 3.63) is 132 Å². The van der Waals surface area contributed by atoms with Gasteiger partial charge in [-0.05, 0) is 46.5 Å². The molecular formula is C33H21ClN4. The van der Waals surface area contributed by atoms with E-state index in [0.717, 1.165) is 44.7 Å². The fourth-order valence-electron chi connectivity index (χ4n) is 4.82. The molecule has 5 heteroatoms. The third-order valence-corrected chi connectivity index (χ3v) is 6.94. The van der Waals surface area contributed by atoms with E-state index in [2.05, 4.69) is 72.8 Å². The van der Waals surface area contributed by atoms with Crippen LogP contribution in [0.2, 0.25) is 5.02 Å². The van der Waals surface area contributed by atoms with Crippen molar-refractivity contribution in [3.8, 4) is 45.0 Å². The largest absolute Gasteiger partial charge is 0.260 e. The van der Waals surface area contributed by atoms with Gasteiger partial charge in [0.15, 0.2) is 5.82 Å². The summed E-state index contributed by atoms with van der Waals surface area (Å²) in [6, 6.07) is 43.1. The van der Waals surface area contributed by atoms with Crippen LogP contribution in [0.4, 0.5) is 0 Å². The van der Waals surface area contributed by atoms with Gasteiger partial charge in [0, 0.05) is 16.1 Å². The number of nitrogens with zero attached hydrogens (tertiary/aromatic N) is 4. The Hall–Kier alpha value is -4.80. The maximum atomic E-state index is 6.39. The molecule has 0 atom stereocenters. The average molecular weight is 509 g/mol. The number of halogens is 1. The van der Waals surface area contributed by atoms with Crippen LogP contribution in [0.25, 0.3) is 61.8 Å². The van der Waals surface area contributed by atoms with Gasteiger partial charge in [-0.3, -0.25) is 4.40 Å². The SMILES string of the molecule is Clc1ccc2nc3nc(-c4ccc(-c5ccccc5)cc4)nc(-c4cccc(-c5ccccc5)c4)n3c2c1. The molecule has 0 saturated heterocycles. The van der Waals surface area contributed by atoms with Gasteiger partial charge in [-0.15, -0.1) is 0 Å². The molecule has 0 aliphatic carbocycles. The molecule has 0 unspecified atom stereocenters. The zero-order valence-electron chi connectivity index (χ0n) is 20.3. The molecule has 7 rings (SSSR count). The summed E-state index contributed by atoms with van der Waals surface area (Å²) in [4.78, 5) is 14.8. The minimum atomic E-state index is 0.583. The van der Waals surface area contributed by atoms with Crippen molar-refractivity contribution in [1.29, 1.82) is 0 Å². The fraction of sp³-hybridized carbons (Fsp3) is 0. The molecule has 2 heterocycles. The summed E-state index contributed by atoms with van der Waals surface area (Å²) in [6.45, 7) is 0. The molecule has 180 valence electrons. The Labute approximate surface area is 224 Å². The highest BCUT2D eigenvalue weighted by Gasteiger charge is 2.17. The third kappa shape index (κ3) is 4.01. The summed E-state index contributed by atoms with van der Waals surface area (Å²) >= 11 is 6.39. The standard InChI is InChI=1S/C33H21ClN4/c34-28-18-19-29-30(21-28)38-32(27-13-7-12-26(20-27)23-10-5-2-6-11-23)36-31(37-33(38)35-29)25-16-14-24(15-17-25)22-8-3-1-4-9-22/h1-21H. The summed E-state index contributed by atoms with van der Waals surface area (Å²) in [7, 11) is 0. The summed E-state index contributed by atoms with van der Waals surface area (Å²) in [5, 5.41) is 0.642. The van der Waals surface area contributed by atoms with E-state index in [1.165, 1.54) is 5.56 Å². The highest BCUT2D eigenvalue weighted by Crippen LogP contribution is 2.31. The van der Waals surface area contributed by atoms with Crippen molar-refractivity contribution in [2.75, 3.05) is 0 Å². The van der Waals surface area contributed by atoms with Gasteiger partial charge in [-0.25, -0.2) is 9.97 Å². The second-order valence-corrected chi connectivity index (χ2v) is 9.58. The van der Waals surface area contributed by atoms with Gasteiger partial charge in [0.2, 0.25) is 5.78 Å². The average Bonchev–Trinajstić information content (AvgIpc) is 3.35. The van der Waals surface area contributed by atoms with E-state index in [9.17, 15) is 0 Å². The second kappa shape index (κ2) is 9.25. The van der Waals surface area contributed by atoms with Crippen molar-refractivity contribution in [3.63, 3.8) is 0 Å². The number of hydrogen-bond donors (Lipinski definition) is 0. The Kier molecular flexibility index (Phi) is 5.46. The lowest BCUT2D eigenvalue weighted by molar-refractivity contribution is 1.05. The van der Waals surface area contributed by atoms with Crippen LogP contribution in [0.1, 0.15) is 0 Å².